The predicted molar refractivity (Wildman–Crippen MR) is 140 cm³/mol. The second-order valence-corrected chi connectivity index (χ2v) is 10.7. The maximum Gasteiger partial charge on any atom is 0.296 e. The highest BCUT2D eigenvalue weighted by atomic mass is 32.2. The molecular formula is C20H24F2N6O9S3. The number of azo groups is 1. The van der Waals surface area contributed by atoms with Gasteiger partial charge in [0.05, 0.1) is 41.5 Å². The van der Waals surface area contributed by atoms with Gasteiger partial charge in [-0.3, -0.25) is 13.1 Å². The fraction of sp³-hybridized carbons (Fsp3) is 0.200. The SMILES string of the molecule is CF.CNc1cc(N)c(S(=O)(=O)O)cc1N=Nc1ccc(S(=O)(=O)CCOSOOO)cc1.Fc1ccncn1. The predicted octanol–water partition coefficient (Wildman–Crippen LogP) is 3.95. The molecule has 0 atom stereocenters. The van der Waals surface area contributed by atoms with Crippen LogP contribution in [0.5, 0.6) is 0 Å². The van der Waals surface area contributed by atoms with Crippen LogP contribution in [-0.4, -0.2) is 63.2 Å². The number of sulfone groups is 1. The molecule has 0 aliphatic carbocycles. The molecule has 20 heteroatoms. The summed E-state index contributed by atoms with van der Waals surface area (Å²) in [6, 6.07) is 8.96. The van der Waals surface area contributed by atoms with Crippen LogP contribution in [0.1, 0.15) is 0 Å². The van der Waals surface area contributed by atoms with Crippen molar-refractivity contribution in [2.45, 2.75) is 9.79 Å². The van der Waals surface area contributed by atoms with Crippen LogP contribution in [0.4, 0.5) is 31.5 Å². The lowest BCUT2D eigenvalue weighted by molar-refractivity contribution is -0.434. The monoisotopic (exact) mass is 626 g/mol. The van der Waals surface area contributed by atoms with Gasteiger partial charge in [0.15, 0.2) is 22.2 Å². The third kappa shape index (κ3) is 11.8. The number of hydrogen-bond donors (Lipinski definition) is 4. The number of nitrogen functional groups attached to an aromatic ring is 1. The van der Waals surface area contributed by atoms with Crippen LogP contribution in [0.3, 0.4) is 0 Å². The summed E-state index contributed by atoms with van der Waals surface area (Å²) in [5.74, 6) is -0.847. The Balaban J connectivity index is 0.000000759. The molecule has 3 rings (SSSR count). The molecule has 15 nitrogen and oxygen atoms in total. The van der Waals surface area contributed by atoms with Gasteiger partial charge in [0.1, 0.15) is 16.9 Å². The van der Waals surface area contributed by atoms with Crippen LogP contribution in [0.2, 0.25) is 0 Å². The number of rotatable bonds is 11. The maximum absolute atomic E-state index is 12.2. The molecule has 40 heavy (non-hydrogen) atoms. The molecule has 220 valence electrons. The summed E-state index contributed by atoms with van der Waals surface area (Å²) in [6.45, 7) is -0.224. The van der Waals surface area contributed by atoms with E-state index in [1.54, 1.807) is 7.05 Å². The molecule has 2 aromatic carbocycles. The van der Waals surface area contributed by atoms with E-state index >= 15 is 0 Å². The molecule has 0 bridgehead atoms. The Morgan fingerprint density at radius 3 is 2.27 bits per heavy atom. The van der Waals surface area contributed by atoms with Gasteiger partial charge < -0.3 is 11.1 Å². The first kappa shape index (κ1) is 34.7. The highest BCUT2D eigenvalue weighted by molar-refractivity contribution is 7.91. The first-order chi connectivity index (χ1) is 19.0. The van der Waals surface area contributed by atoms with E-state index < -0.39 is 30.8 Å². The summed E-state index contributed by atoms with van der Waals surface area (Å²) < 4.78 is 86.5. The highest BCUT2D eigenvalue weighted by Gasteiger charge is 2.18. The van der Waals surface area contributed by atoms with Gasteiger partial charge in [0.2, 0.25) is 5.95 Å². The number of nitrogens with one attached hydrogen (secondary N) is 1. The van der Waals surface area contributed by atoms with Gasteiger partial charge in [-0.15, -0.1) is 9.45 Å². The zero-order valence-electron chi connectivity index (χ0n) is 20.7. The average molecular weight is 627 g/mol. The van der Waals surface area contributed by atoms with Crippen molar-refractivity contribution in [3.63, 3.8) is 0 Å². The van der Waals surface area contributed by atoms with E-state index in [0.29, 0.717) is 12.9 Å². The van der Waals surface area contributed by atoms with Gasteiger partial charge in [-0.25, -0.2) is 23.6 Å². The Bertz CT molecular complexity index is 1430. The number of hydrogen-bond acceptors (Lipinski definition) is 15. The molecule has 0 fully saturated rings. The van der Waals surface area contributed by atoms with Gasteiger partial charge >= 0.3 is 0 Å². The lowest BCUT2D eigenvalue weighted by Crippen LogP contribution is -2.10. The molecule has 5 N–H and O–H groups in total. The Kier molecular flexibility index (Phi) is 15.0. The summed E-state index contributed by atoms with van der Waals surface area (Å²) in [4.78, 5) is 6.19. The van der Waals surface area contributed by atoms with Crippen molar-refractivity contribution in [3.05, 3.63) is 60.9 Å². The summed E-state index contributed by atoms with van der Waals surface area (Å²) in [5, 5.41) is 21.9. The van der Waals surface area contributed by atoms with Crippen molar-refractivity contribution in [1.82, 2.24) is 9.97 Å². The summed E-state index contributed by atoms with van der Waals surface area (Å²) in [5.41, 5.74) is 6.20. The molecule has 0 radical (unpaired) electrons. The fourth-order valence-corrected chi connectivity index (χ4v) is 4.55. The van der Waals surface area contributed by atoms with Crippen LogP contribution in [-0.2, 0) is 33.5 Å². The van der Waals surface area contributed by atoms with E-state index in [2.05, 4.69) is 34.9 Å². The van der Waals surface area contributed by atoms with Gasteiger partial charge in [0.25, 0.3) is 10.1 Å². The zero-order chi connectivity index (χ0) is 30.2. The van der Waals surface area contributed by atoms with E-state index in [0.717, 1.165) is 12.4 Å². The van der Waals surface area contributed by atoms with Gasteiger partial charge in [-0.1, -0.05) is 5.04 Å². The maximum atomic E-state index is 12.2. The Morgan fingerprint density at radius 1 is 1.10 bits per heavy atom. The number of halogens is 2. The van der Waals surface area contributed by atoms with E-state index in [1.807, 2.05) is 0 Å². The first-order valence-corrected chi connectivity index (χ1v) is 14.1. The number of nitrogens with zero attached hydrogens (tertiary/aromatic N) is 4. The Morgan fingerprint density at radius 2 is 1.77 bits per heavy atom. The normalized spacial score (nSPS) is 11.2. The van der Waals surface area contributed by atoms with Crippen LogP contribution < -0.4 is 11.1 Å². The lowest BCUT2D eigenvalue weighted by Gasteiger charge is -2.09. The Hall–Kier alpha value is -3.37. The topological polar surface area (TPSA) is 225 Å². The second-order valence-electron chi connectivity index (χ2n) is 6.71. The molecule has 1 heterocycles. The molecule has 0 spiro atoms. The standard InChI is InChI=1S/C15H18N4O9S3.C4H3FN2.CH3F/c1-17-13-8-12(16)15(31(23,24)25)9-14(13)19-18-10-2-4-11(5-3-10)30(21,22)7-6-26-29-28-27-20;5-4-1-2-6-3-7-4;1-2/h2-5,8-9,17,20H,6-7,16H2,1H3,(H,23,24,25);1-3H;1H3. The second kappa shape index (κ2) is 17.3. The number of nitrogens with two attached hydrogens (primary N) is 1. The minimum atomic E-state index is -4.56. The van der Waals surface area contributed by atoms with Crippen LogP contribution in [0, 0.1) is 5.95 Å². The van der Waals surface area contributed by atoms with Crippen LogP contribution in [0.25, 0.3) is 0 Å². The molecule has 0 saturated carbocycles. The van der Waals surface area contributed by atoms with E-state index in [9.17, 15) is 30.2 Å². The number of benzene rings is 2. The Labute approximate surface area is 232 Å². The van der Waals surface area contributed by atoms with Crippen LogP contribution in [0.15, 0.2) is 75.0 Å². The summed E-state index contributed by atoms with van der Waals surface area (Å²) in [6.07, 6.45) is 2.51. The number of aromatic nitrogens is 2. The number of alkyl halides is 1. The van der Waals surface area contributed by atoms with Gasteiger partial charge in [-0.2, -0.15) is 17.9 Å². The summed E-state index contributed by atoms with van der Waals surface area (Å²) in [7, 11) is -6.15. The fourth-order valence-electron chi connectivity index (χ4n) is 2.53. The minimum Gasteiger partial charge on any atom is -0.398 e. The lowest BCUT2D eigenvalue weighted by atomic mass is 10.2. The van der Waals surface area contributed by atoms with Gasteiger partial charge in [0, 0.05) is 19.3 Å². The molecule has 0 aliphatic rings. The summed E-state index contributed by atoms with van der Waals surface area (Å²) >= 11 is 0.272. The highest BCUT2D eigenvalue weighted by Crippen LogP contribution is 2.33. The third-order valence-corrected chi connectivity index (χ3v) is 7.22. The number of anilines is 2. The largest absolute Gasteiger partial charge is 0.398 e. The van der Waals surface area contributed by atoms with E-state index in [1.165, 1.54) is 42.6 Å². The van der Waals surface area contributed by atoms with Gasteiger partial charge in [-0.05, 0) is 36.4 Å². The van der Waals surface area contributed by atoms with E-state index in [-0.39, 0.29) is 46.6 Å². The first-order valence-electron chi connectivity index (χ1n) is 10.4. The van der Waals surface area contributed by atoms with E-state index in [4.69, 9.17) is 15.2 Å². The zero-order valence-corrected chi connectivity index (χ0v) is 23.2. The van der Waals surface area contributed by atoms with Crippen molar-refractivity contribution in [3.8, 4) is 0 Å². The minimum absolute atomic E-state index is 0.0106. The molecule has 1 aromatic heterocycles. The van der Waals surface area contributed by atoms with Crippen LogP contribution >= 0.6 is 12.3 Å². The van der Waals surface area contributed by atoms with Crippen molar-refractivity contribution in [1.29, 1.82) is 0 Å². The third-order valence-electron chi connectivity index (χ3n) is 4.23. The molecule has 0 unspecified atom stereocenters. The quantitative estimate of drug-likeness (QED) is 0.0346. The molecule has 0 aliphatic heterocycles. The molecule has 0 saturated heterocycles. The molecule has 3 aromatic rings. The average Bonchev–Trinajstić information content (AvgIpc) is 2.93. The molecule has 0 amide bonds. The van der Waals surface area contributed by atoms with Crippen molar-refractivity contribution < 1.29 is 49.0 Å². The van der Waals surface area contributed by atoms with Crippen molar-refractivity contribution in [2.24, 2.45) is 10.2 Å². The smallest absolute Gasteiger partial charge is 0.296 e. The van der Waals surface area contributed by atoms with Crippen molar-refractivity contribution in [2.75, 3.05) is 37.6 Å². The molecular weight excluding hydrogens is 602 g/mol. The van der Waals surface area contributed by atoms with Crippen molar-refractivity contribution >= 4 is 55.0 Å².